The van der Waals surface area contributed by atoms with Crippen LogP contribution >= 0.6 is 0 Å². The van der Waals surface area contributed by atoms with Crippen LogP contribution < -0.4 is 4.74 Å². The Kier molecular flexibility index (Phi) is 4.07. The molecule has 3 nitrogen and oxygen atoms in total. The Bertz CT molecular complexity index is 485. The summed E-state index contributed by atoms with van der Waals surface area (Å²) in [5.41, 5.74) is 0.117. The minimum atomic E-state index is -0.644. The van der Waals surface area contributed by atoms with Crippen LogP contribution in [0.2, 0.25) is 0 Å². The standard InChI is InChI=1S/C16H24FNO2/c1-15(2)11-18(8-7-16(15,3)19)10-12-5-6-14(20-4)13(17)9-12/h5-6,9,19H,7-8,10-11H2,1-4H3/t16-/m0/s1. The predicted octanol–water partition coefficient (Wildman–Crippen LogP) is 2.82. The van der Waals surface area contributed by atoms with Crippen LogP contribution in [-0.2, 0) is 6.54 Å². The van der Waals surface area contributed by atoms with Gasteiger partial charge in [-0.1, -0.05) is 19.9 Å². The molecule has 0 unspecified atom stereocenters. The first-order valence-corrected chi connectivity index (χ1v) is 7.02. The smallest absolute Gasteiger partial charge is 0.165 e. The van der Waals surface area contributed by atoms with E-state index in [1.807, 2.05) is 13.0 Å². The van der Waals surface area contributed by atoms with Gasteiger partial charge in [0.05, 0.1) is 12.7 Å². The van der Waals surface area contributed by atoms with E-state index in [1.165, 1.54) is 13.2 Å². The Balaban J connectivity index is 2.06. The van der Waals surface area contributed by atoms with Crippen LogP contribution in [0.15, 0.2) is 18.2 Å². The lowest BCUT2D eigenvalue weighted by Gasteiger charge is -2.48. The molecular formula is C16H24FNO2. The number of methoxy groups -OCH3 is 1. The average molecular weight is 281 g/mol. The van der Waals surface area contributed by atoms with Crippen molar-refractivity contribution < 1.29 is 14.2 Å². The second-order valence-electron chi connectivity index (χ2n) is 6.59. The summed E-state index contributed by atoms with van der Waals surface area (Å²) < 4.78 is 18.6. The van der Waals surface area contributed by atoms with Gasteiger partial charge < -0.3 is 9.84 Å². The van der Waals surface area contributed by atoms with Crippen LogP contribution in [0.3, 0.4) is 0 Å². The van der Waals surface area contributed by atoms with E-state index >= 15 is 0 Å². The summed E-state index contributed by atoms with van der Waals surface area (Å²) in [5, 5.41) is 10.4. The summed E-state index contributed by atoms with van der Waals surface area (Å²) in [6, 6.07) is 5.08. The number of piperidine rings is 1. The third kappa shape index (κ3) is 2.96. The molecular weight excluding hydrogens is 257 g/mol. The second-order valence-corrected chi connectivity index (χ2v) is 6.59. The highest BCUT2D eigenvalue weighted by Crippen LogP contribution is 2.38. The monoisotopic (exact) mass is 281 g/mol. The van der Waals surface area contributed by atoms with Gasteiger partial charge in [-0.05, 0) is 31.0 Å². The molecule has 1 aliphatic heterocycles. The van der Waals surface area contributed by atoms with Crippen molar-refractivity contribution in [2.75, 3.05) is 20.2 Å². The predicted molar refractivity (Wildman–Crippen MR) is 77.3 cm³/mol. The fraction of sp³-hybridized carbons (Fsp3) is 0.625. The zero-order valence-electron chi connectivity index (χ0n) is 12.7. The van der Waals surface area contributed by atoms with Crippen molar-refractivity contribution in [3.05, 3.63) is 29.6 Å². The average Bonchev–Trinajstić information content (AvgIpc) is 2.34. The number of hydrogen-bond acceptors (Lipinski definition) is 3. The van der Waals surface area contributed by atoms with Crippen molar-refractivity contribution in [1.29, 1.82) is 0 Å². The molecule has 1 aromatic carbocycles. The molecule has 0 aliphatic carbocycles. The molecule has 1 aromatic rings. The van der Waals surface area contributed by atoms with Crippen molar-refractivity contribution >= 4 is 0 Å². The number of ether oxygens (including phenoxy) is 1. The molecule has 1 atom stereocenters. The van der Waals surface area contributed by atoms with Gasteiger partial charge in [-0.15, -0.1) is 0 Å². The van der Waals surface area contributed by atoms with Crippen LogP contribution in [-0.4, -0.2) is 35.8 Å². The molecule has 0 bridgehead atoms. The van der Waals surface area contributed by atoms with Gasteiger partial charge >= 0.3 is 0 Å². The lowest BCUT2D eigenvalue weighted by molar-refractivity contribution is -0.107. The molecule has 0 saturated carbocycles. The summed E-state index contributed by atoms with van der Waals surface area (Å²) >= 11 is 0. The molecule has 0 aromatic heterocycles. The number of benzene rings is 1. The lowest BCUT2D eigenvalue weighted by Crippen LogP contribution is -2.55. The zero-order chi connectivity index (χ0) is 15.0. The molecule has 1 saturated heterocycles. The topological polar surface area (TPSA) is 32.7 Å². The minimum absolute atomic E-state index is 0.170. The molecule has 1 fully saturated rings. The summed E-state index contributed by atoms with van der Waals surface area (Å²) in [5.74, 6) is -0.0519. The van der Waals surface area contributed by atoms with E-state index in [9.17, 15) is 9.50 Å². The van der Waals surface area contributed by atoms with Crippen molar-refractivity contribution in [3.8, 4) is 5.75 Å². The molecule has 112 valence electrons. The number of halogens is 1. The molecule has 1 aliphatic rings. The van der Waals surface area contributed by atoms with Gasteiger partial charge in [-0.3, -0.25) is 4.90 Å². The fourth-order valence-electron chi connectivity index (χ4n) is 2.72. The van der Waals surface area contributed by atoms with E-state index in [0.717, 1.165) is 25.1 Å². The highest BCUT2D eigenvalue weighted by Gasteiger charge is 2.43. The number of aliphatic hydroxyl groups is 1. The van der Waals surface area contributed by atoms with Gasteiger partial charge in [0.2, 0.25) is 0 Å². The van der Waals surface area contributed by atoms with Crippen LogP contribution in [0.5, 0.6) is 5.75 Å². The maximum atomic E-state index is 13.7. The largest absolute Gasteiger partial charge is 0.494 e. The number of rotatable bonds is 3. The van der Waals surface area contributed by atoms with Crippen LogP contribution in [0.4, 0.5) is 4.39 Å². The SMILES string of the molecule is COc1ccc(CN2CC[C@](C)(O)C(C)(C)C2)cc1F. The lowest BCUT2D eigenvalue weighted by atomic mass is 9.71. The first kappa shape index (κ1) is 15.3. The summed E-state index contributed by atoms with van der Waals surface area (Å²) in [6.45, 7) is 8.37. The van der Waals surface area contributed by atoms with Crippen LogP contribution in [0, 0.1) is 11.2 Å². The Morgan fingerprint density at radius 2 is 2.05 bits per heavy atom. The van der Waals surface area contributed by atoms with Gasteiger partial charge in [0.1, 0.15) is 0 Å². The Hall–Kier alpha value is -1.13. The van der Waals surface area contributed by atoms with E-state index < -0.39 is 5.60 Å². The van der Waals surface area contributed by atoms with E-state index in [1.54, 1.807) is 6.07 Å². The quantitative estimate of drug-likeness (QED) is 0.924. The first-order chi connectivity index (χ1) is 9.25. The first-order valence-electron chi connectivity index (χ1n) is 7.02. The summed E-state index contributed by atoms with van der Waals surface area (Å²) in [6.07, 6.45) is 0.735. The summed E-state index contributed by atoms with van der Waals surface area (Å²) in [4.78, 5) is 2.26. The van der Waals surface area contributed by atoms with E-state index in [-0.39, 0.29) is 17.0 Å². The van der Waals surface area contributed by atoms with Crippen molar-refractivity contribution in [2.45, 2.75) is 39.3 Å². The molecule has 1 heterocycles. The Morgan fingerprint density at radius 1 is 1.35 bits per heavy atom. The molecule has 20 heavy (non-hydrogen) atoms. The van der Waals surface area contributed by atoms with Crippen LogP contribution in [0.1, 0.15) is 32.8 Å². The van der Waals surface area contributed by atoms with Crippen LogP contribution in [0.25, 0.3) is 0 Å². The normalized spacial score (nSPS) is 26.5. The molecule has 4 heteroatoms. The van der Waals surface area contributed by atoms with E-state index in [2.05, 4.69) is 18.7 Å². The van der Waals surface area contributed by atoms with Gasteiger partial charge in [0.25, 0.3) is 0 Å². The minimum Gasteiger partial charge on any atom is -0.494 e. The second kappa shape index (κ2) is 5.34. The highest BCUT2D eigenvalue weighted by molar-refractivity contribution is 5.29. The maximum Gasteiger partial charge on any atom is 0.165 e. The third-order valence-corrected chi connectivity index (χ3v) is 4.61. The zero-order valence-corrected chi connectivity index (χ0v) is 12.7. The van der Waals surface area contributed by atoms with E-state index in [4.69, 9.17) is 4.74 Å². The maximum absolute atomic E-state index is 13.7. The summed E-state index contributed by atoms with van der Waals surface area (Å²) in [7, 11) is 1.47. The van der Waals surface area contributed by atoms with Crippen molar-refractivity contribution in [3.63, 3.8) is 0 Å². The number of hydrogen-bond donors (Lipinski definition) is 1. The number of likely N-dealkylation sites (tertiary alicyclic amines) is 1. The molecule has 0 amide bonds. The molecule has 1 N–H and O–H groups in total. The molecule has 0 spiro atoms. The van der Waals surface area contributed by atoms with Gasteiger partial charge in [0.15, 0.2) is 11.6 Å². The third-order valence-electron chi connectivity index (χ3n) is 4.61. The fourth-order valence-corrected chi connectivity index (χ4v) is 2.72. The van der Waals surface area contributed by atoms with Crippen molar-refractivity contribution in [2.24, 2.45) is 5.41 Å². The van der Waals surface area contributed by atoms with Gasteiger partial charge in [-0.25, -0.2) is 4.39 Å². The Labute approximate surface area is 120 Å². The van der Waals surface area contributed by atoms with E-state index in [0.29, 0.717) is 6.54 Å². The number of nitrogens with zero attached hydrogens (tertiary/aromatic N) is 1. The molecule has 0 radical (unpaired) electrons. The molecule has 2 rings (SSSR count). The Morgan fingerprint density at radius 3 is 2.60 bits per heavy atom. The van der Waals surface area contributed by atoms with Gasteiger partial charge in [-0.2, -0.15) is 0 Å². The highest BCUT2D eigenvalue weighted by atomic mass is 19.1. The van der Waals surface area contributed by atoms with Crippen molar-refractivity contribution in [1.82, 2.24) is 4.90 Å². The van der Waals surface area contributed by atoms with Gasteiger partial charge in [0, 0.05) is 25.0 Å².